The third-order valence-electron chi connectivity index (χ3n) is 3.41. The van der Waals surface area contributed by atoms with Crippen LogP contribution in [0.25, 0.3) is 0 Å². The number of nitrogens with one attached hydrogen (secondary N) is 1. The highest BCUT2D eigenvalue weighted by atomic mass is 35.5. The maximum Gasteiger partial charge on any atom is 0.220 e. The van der Waals surface area contributed by atoms with Crippen LogP contribution in [-0.2, 0) is 11.8 Å². The second-order valence-electron chi connectivity index (χ2n) is 4.96. The second kappa shape index (κ2) is 7.84. The first-order valence-electron chi connectivity index (χ1n) is 7.12. The molecule has 0 aliphatic carbocycles. The van der Waals surface area contributed by atoms with E-state index in [9.17, 15) is 4.79 Å². The largest absolute Gasteiger partial charge is 0.497 e. The van der Waals surface area contributed by atoms with E-state index in [2.05, 4.69) is 10.3 Å². The molecule has 0 spiro atoms. The zero-order valence-electron chi connectivity index (χ0n) is 12.8. The van der Waals surface area contributed by atoms with E-state index < -0.39 is 0 Å². The van der Waals surface area contributed by atoms with Gasteiger partial charge in [0, 0.05) is 31.7 Å². The molecule has 2 aromatic rings. The highest BCUT2D eigenvalue weighted by Crippen LogP contribution is 2.23. The molecule has 0 aliphatic heterocycles. The van der Waals surface area contributed by atoms with Crippen molar-refractivity contribution in [1.29, 1.82) is 0 Å². The van der Waals surface area contributed by atoms with Crippen molar-refractivity contribution in [3.63, 3.8) is 0 Å². The summed E-state index contributed by atoms with van der Waals surface area (Å²) in [5, 5.41) is 3.03. The van der Waals surface area contributed by atoms with E-state index in [1.54, 1.807) is 13.3 Å². The fourth-order valence-corrected chi connectivity index (χ4v) is 2.34. The molecule has 1 amide bonds. The Kier molecular flexibility index (Phi) is 5.83. The Morgan fingerprint density at radius 2 is 2.14 bits per heavy atom. The van der Waals surface area contributed by atoms with Crippen molar-refractivity contribution < 1.29 is 9.53 Å². The molecule has 0 aliphatic rings. The summed E-state index contributed by atoms with van der Waals surface area (Å²) in [6.07, 6.45) is 4.64. The Morgan fingerprint density at radius 3 is 2.68 bits per heavy atom. The average molecular weight is 322 g/mol. The van der Waals surface area contributed by atoms with Crippen molar-refractivity contribution in [2.45, 2.75) is 18.9 Å². The van der Waals surface area contributed by atoms with Crippen molar-refractivity contribution in [1.82, 2.24) is 14.9 Å². The van der Waals surface area contributed by atoms with E-state index >= 15 is 0 Å². The lowest BCUT2D eigenvalue weighted by Crippen LogP contribution is -2.31. The molecule has 0 fully saturated rings. The first-order valence-corrected chi connectivity index (χ1v) is 7.65. The molecule has 6 heteroatoms. The maximum absolute atomic E-state index is 12.1. The van der Waals surface area contributed by atoms with Crippen molar-refractivity contribution in [3.05, 3.63) is 48.0 Å². The molecule has 1 heterocycles. The molecule has 22 heavy (non-hydrogen) atoms. The third-order valence-corrected chi connectivity index (χ3v) is 3.68. The molecule has 1 atom stereocenters. The van der Waals surface area contributed by atoms with Gasteiger partial charge in [-0.15, -0.1) is 11.6 Å². The molecular formula is C16H20ClN3O2. The van der Waals surface area contributed by atoms with E-state index in [0.717, 1.165) is 17.1 Å². The number of carbonyl (C=O) groups excluding carboxylic acids is 1. The minimum Gasteiger partial charge on any atom is -0.497 e. The summed E-state index contributed by atoms with van der Waals surface area (Å²) in [5.74, 6) is 1.99. The van der Waals surface area contributed by atoms with Gasteiger partial charge in [0.1, 0.15) is 17.6 Å². The molecule has 0 radical (unpaired) electrons. The van der Waals surface area contributed by atoms with E-state index in [1.165, 1.54) is 0 Å². The number of hydrogen-bond donors (Lipinski definition) is 1. The molecule has 1 aromatic carbocycles. The number of rotatable bonds is 7. The number of imidazole rings is 1. The number of aromatic nitrogens is 2. The van der Waals surface area contributed by atoms with Gasteiger partial charge < -0.3 is 14.6 Å². The lowest BCUT2D eigenvalue weighted by molar-refractivity contribution is -0.121. The highest BCUT2D eigenvalue weighted by molar-refractivity contribution is 6.17. The molecule has 5 nitrogen and oxygen atoms in total. The zero-order chi connectivity index (χ0) is 15.9. The predicted molar refractivity (Wildman–Crippen MR) is 86.1 cm³/mol. The van der Waals surface area contributed by atoms with Crippen molar-refractivity contribution in [2.24, 2.45) is 7.05 Å². The van der Waals surface area contributed by atoms with Crippen LogP contribution in [-0.4, -0.2) is 28.4 Å². The number of halogens is 1. The smallest absolute Gasteiger partial charge is 0.220 e. The Labute approximate surface area is 135 Å². The second-order valence-corrected chi connectivity index (χ2v) is 5.34. The monoisotopic (exact) mass is 321 g/mol. The molecule has 0 saturated carbocycles. The average Bonchev–Trinajstić information content (AvgIpc) is 2.96. The van der Waals surface area contributed by atoms with Gasteiger partial charge in [-0.1, -0.05) is 12.1 Å². The summed E-state index contributed by atoms with van der Waals surface area (Å²) in [6.45, 7) is 0. The van der Waals surface area contributed by atoms with E-state index in [0.29, 0.717) is 18.7 Å². The van der Waals surface area contributed by atoms with Crippen LogP contribution in [0.5, 0.6) is 5.75 Å². The number of nitrogens with zero attached hydrogens (tertiary/aromatic N) is 2. The zero-order valence-corrected chi connectivity index (χ0v) is 13.5. The van der Waals surface area contributed by atoms with Crippen LogP contribution >= 0.6 is 11.6 Å². The number of benzene rings is 1. The van der Waals surface area contributed by atoms with Gasteiger partial charge in [-0.3, -0.25) is 4.79 Å². The maximum atomic E-state index is 12.1. The van der Waals surface area contributed by atoms with Crippen LogP contribution in [0.3, 0.4) is 0 Å². The molecule has 1 unspecified atom stereocenters. The fourth-order valence-electron chi connectivity index (χ4n) is 2.21. The molecular weight excluding hydrogens is 302 g/mol. The number of methoxy groups -OCH3 is 1. The van der Waals surface area contributed by atoms with Crippen LogP contribution in [0.1, 0.15) is 30.3 Å². The molecule has 2 rings (SSSR count). The van der Waals surface area contributed by atoms with Crippen LogP contribution in [0, 0.1) is 0 Å². The first kappa shape index (κ1) is 16.4. The summed E-state index contributed by atoms with van der Waals surface area (Å²) in [4.78, 5) is 16.4. The summed E-state index contributed by atoms with van der Waals surface area (Å²) in [7, 11) is 3.53. The highest BCUT2D eigenvalue weighted by Gasteiger charge is 2.20. The van der Waals surface area contributed by atoms with Gasteiger partial charge in [-0.2, -0.15) is 0 Å². The molecule has 1 N–H and O–H groups in total. The van der Waals surface area contributed by atoms with Crippen LogP contribution < -0.4 is 10.1 Å². The number of hydrogen-bond acceptors (Lipinski definition) is 3. The van der Waals surface area contributed by atoms with Gasteiger partial charge in [-0.25, -0.2) is 4.98 Å². The topological polar surface area (TPSA) is 56.1 Å². The number of amides is 1. The molecule has 0 saturated heterocycles. The Balaban J connectivity index is 2.25. The van der Waals surface area contributed by atoms with Gasteiger partial charge >= 0.3 is 0 Å². The summed E-state index contributed by atoms with van der Waals surface area (Å²) < 4.78 is 7.07. The summed E-state index contributed by atoms with van der Waals surface area (Å²) in [6, 6.07) is 7.31. The first-order chi connectivity index (χ1) is 10.7. The van der Waals surface area contributed by atoms with Crippen molar-refractivity contribution >= 4 is 17.5 Å². The fraction of sp³-hybridized carbons (Fsp3) is 0.375. The van der Waals surface area contributed by atoms with E-state index in [-0.39, 0.29) is 11.9 Å². The van der Waals surface area contributed by atoms with Crippen molar-refractivity contribution in [2.75, 3.05) is 13.0 Å². The van der Waals surface area contributed by atoms with Crippen molar-refractivity contribution in [3.8, 4) is 5.75 Å². The Hall–Kier alpha value is -2.01. The SMILES string of the molecule is COc1ccc(C(NC(=O)CCCCl)c2nccn2C)cc1. The lowest BCUT2D eigenvalue weighted by atomic mass is 10.1. The van der Waals surface area contributed by atoms with Gasteiger partial charge in [0.2, 0.25) is 5.91 Å². The Morgan fingerprint density at radius 1 is 1.41 bits per heavy atom. The summed E-state index contributed by atoms with van der Waals surface area (Å²) >= 11 is 5.65. The van der Waals surface area contributed by atoms with E-state index in [4.69, 9.17) is 16.3 Å². The van der Waals surface area contributed by atoms with Gasteiger partial charge in [-0.05, 0) is 24.1 Å². The summed E-state index contributed by atoms with van der Waals surface area (Å²) in [5.41, 5.74) is 0.953. The van der Waals surface area contributed by atoms with Crippen LogP contribution in [0.15, 0.2) is 36.7 Å². The minimum atomic E-state index is -0.297. The predicted octanol–water partition coefficient (Wildman–Crippen LogP) is 2.65. The number of ether oxygens (including phenoxy) is 1. The number of alkyl halides is 1. The van der Waals surface area contributed by atoms with E-state index in [1.807, 2.05) is 42.1 Å². The molecule has 1 aromatic heterocycles. The third kappa shape index (κ3) is 4.01. The molecule has 118 valence electrons. The molecule has 0 bridgehead atoms. The minimum absolute atomic E-state index is 0.0375. The number of carbonyl (C=O) groups is 1. The quantitative estimate of drug-likeness (QED) is 0.798. The van der Waals surface area contributed by atoms with Crippen LogP contribution in [0.2, 0.25) is 0 Å². The lowest BCUT2D eigenvalue weighted by Gasteiger charge is -2.19. The van der Waals surface area contributed by atoms with Gasteiger partial charge in [0.15, 0.2) is 0 Å². The van der Waals surface area contributed by atoms with Gasteiger partial charge in [0.05, 0.1) is 7.11 Å². The van der Waals surface area contributed by atoms with Crippen LogP contribution in [0.4, 0.5) is 0 Å². The normalized spacial score (nSPS) is 12.0. The Bertz CT molecular complexity index is 610. The standard InChI is InChI=1S/C16H20ClN3O2/c1-20-11-10-18-16(20)15(19-14(21)4-3-9-17)12-5-7-13(22-2)8-6-12/h5-8,10-11,15H,3-4,9H2,1-2H3,(H,19,21). The van der Waals surface area contributed by atoms with Gasteiger partial charge in [0.25, 0.3) is 0 Å². The number of aryl methyl sites for hydroxylation is 1.